The number of nitro benzene ring substituents is 1. The molecule has 0 spiro atoms. The zero-order valence-electron chi connectivity index (χ0n) is 14.8. The molecule has 2 amide bonds. The number of nitrogens with one attached hydrogen (secondary N) is 2. The number of hydrogen-bond donors (Lipinski definition) is 2. The van der Waals surface area contributed by atoms with Crippen LogP contribution in [0.3, 0.4) is 0 Å². The summed E-state index contributed by atoms with van der Waals surface area (Å²) in [5.74, 6) is -0.626. The first-order chi connectivity index (χ1) is 12.3. The summed E-state index contributed by atoms with van der Waals surface area (Å²) < 4.78 is 10.5. The molecule has 0 bridgehead atoms. The van der Waals surface area contributed by atoms with Crippen LogP contribution in [0.1, 0.15) is 32.4 Å². The van der Waals surface area contributed by atoms with E-state index in [1.54, 1.807) is 13.0 Å². The van der Waals surface area contributed by atoms with Gasteiger partial charge < -0.3 is 20.1 Å². The molecule has 0 aromatic heterocycles. The van der Waals surface area contributed by atoms with E-state index in [9.17, 15) is 19.7 Å². The fourth-order valence-corrected chi connectivity index (χ4v) is 2.53. The number of hydrogen-bond acceptors (Lipinski definition) is 6. The average Bonchev–Trinajstić information content (AvgIpc) is 2.57. The van der Waals surface area contributed by atoms with Gasteiger partial charge in [-0.25, -0.2) is 9.59 Å². The first-order valence-corrected chi connectivity index (χ1v) is 8.11. The molecule has 1 heterocycles. The summed E-state index contributed by atoms with van der Waals surface area (Å²) in [5.41, 5.74) is 0.805. The van der Waals surface area contributed by atoms with Crippen LogP contribution in [0.15, 0.2) is 35.5 Å². The first kappa shape index (κ1) is 19.4. The Morgan fingerprint density at radius 3 is 2.73 bits per heavy atom. The largest absolute Gasteiger partial charge is 0.460 e. The molecule has 0 saturated heterocycles. The van der Waals surface area contributed by atoms with Gasteiger partial charge >= 0.3 is 12.0 Å². The predicted octanol–water partition coefficient (Wildman–Crippen LogP) is 2.19. The molecule has 2 N–H and O–H groups in total. The third kappa shape index (κ3) is 4.79. The number of nitro groups is 1. The van der Waals surface area contributed by atoms with Gasteiger partial charge in [0, 0.05) is 17.8 Å². The second-order valence-corrected chi connectivity index (χ2v) is 5.98. The molecule has 9 heteroatoms. The fraction of sp³-hybridized carbons (Fsp3) is 0.412. The molecule has 9 nitrogen and oxygen atoms in total. The normalized spacial score (nSPS) is 16.9. The van der Waals surface area contributed by atoms with Crippen molar-refractivity contribution in [3.05, 3.63) is 51.2 Å². The van der Waals surface area contributed by atoms with Crippen molar-refractivity contribution in [2.75, 3.05) is 13.2 Å². The Morgan fingerprint density at radius 1 is 1.35 bits per heavy atom. The van der Waals surface area contributed by atoms with E-state index in [2.05, 4.69) is 10.6 Å². The molecule has 0 aliphatic carbocycles. The molecule has 1 unspecified atom stereocenters. The van der Waals surface area contributed by atoms with E-state index < -0.39 is 23.0 Å². The van der Waals surface area contributed by atoms with Gasteiger partial charge in [0.05, 0.1) is 29.2 Å². The Bertz CT molecular complexity index is 744. The third-order valence-corrected chi connectivity index (χ3v) is 3.67. The molecule has 1 aliphatic rings. The highest BCUT2D eigenvalue weighted by Crippen LogP contribution is 2.29. The lowest BCUT2D eigenvalue weighted by molar-refractivity contribution is -0.384. The smallest absolute Gasteiger partial charge is 0.338 e. The second kappa shape index (κ2) is 8.43. The maximum absolute atomic E-state index is 12.5. The maximum Gasteiger partial charge on any atom is 0.338 e. The molecule has 1 aromatic rings. The lowest BCUT2D eigenvalue weighted by atomic mass is 9.95. The minimum absolute atomic E-state index is 0.0166. The van der Waals surface area contributed by atoms with Crippen molar-refractivity contribution in [1.29, 1.82) is 0 Å². The predicted molar refractivity (Wildman–Crippen MR) is 92.3 cm³/mol. The monoisotopic (exact) mass is 363 g/mol. The van der Waals surface area contributed by atoms with Crippen molar-refractivity contribution in [3.63, 3.8) is 0 Å². The van der Waals surface area contributed by atoms with Crippen LogP contribution in [0.2, 0.25) is 0 Å². The number of amides is 2. The van der Waals surface area contributed by atoms with Crippen molar-refractivity contribution in [3.8, 4) is 0 Å². The van der Waals surface area contributed by atoms with E-state index in [1.807, 2.05) is 13.8 Å². The van der Waals surface area contributed by atoms with Gasteiger partial charge in [0.1, 0.15) is 6.61 Å². The Labute approximate surface area is 150 Å². The Hall–Kier alpha value is -2.94. The van der Waals surface area contributed by atoms with Crippen molar-refractivity contribution in [2.45, 2.75) is 32.9 Å². The van der Waals surface area contributed by atoms with Crippen molar-refractivity contribution < 1.29 is 24.0 Å². The van der Waals surface area contributed by atoms with E-state index >= 15 is 0 Å². The minimum Gasteiger partial charge on any atom is -0.460 e. The highest BCUT2D eigenvalue weighted by molar-refractivity contribution is 5.95. The van der Waals surface area contributed by atoms with E-state index in [4.69, 9.17) is 9.47 Å². The van der Waals surface area contributed by atoms with Crippen molar-refractivity contribution in [2.24, 2.45) is 0 Å². The summed E-state index contributed by atoms with van der Waals surface area (Å²) in [4.78, 5) is 34.8. The van der Waals surface area contributed by atoms with Gasteiger partial charge in [-0.2, -0.15) is 0 Å². The van der Waals surface area contributed by atoms with E-state index in [-0.39, 0.29) is 30.6 Å². The van der Waals surface area contributed by atoms with Gasteiger partial charge in [-0.15, -0.1) is 0 Å². The average molecular weight is 363 g/mol. The summed E-state index contributed by atoms with van der Waals surface area (Å²) in [6, 6.07) is 4.41. The lowest BCUT2D eigenvalue weighted by Crippen LogP contribution is -2.45. The minimum atomic E-state index is -0.845. The van der Waals surface area contributed by atoms with Crippen LogP contribution in [0.25, 0.3) is 0 Å². The van der Waals surface area contributed by atoms with E-state index in [0.717, 1.165) is 0 Å². The fourth-order valence-electron chi connectivity index (χ4n) is 2.53. The number of ether oxygens (including phenoxy) is 2. The topological polar surface area (TPSA) is 120 Å². The first-order valence-electron chi connectivity index (χ1n) is 8.11. The summed E-state index contributed by atoms with van der Waals surface area (Å²) in [6.07, 6.45) is 0.0166. The molecule has 140 valence electrons. The number of rotatable bonds is 7. The molecule has 0 radical (unpaired) electrons. The number of carbonyl (C=O) groups excluding carboxylic acids is 2. The van der Waals surface area contributed by atoms with Crippen LogP contribution in [-0.4, -0.2) is 36.2 Å². The number of allylic oxidation sites excluding steroid dienone is 1. The molecule has 1 atom stereocenters. The van der Waals surface area contributed by atoms with Gasteiger partial charge in [-0.1, -0.05) is 12.1 Å². The van der Waals surface area contributed by atoms with Gasteiger partial charge in [0.15, 0.2) is 0 Å². The van der Waals surface area contributed by atoms with Crippen LogP contribution in [0.5, 0.6) is 0 Å². The van der Waals surface area contributed by atoms with E-state index in [1.165, 1.54) is 18.2 Å². The highest BCUT2D eigenvalue weighted by Gasteiger charge is 2.32. The zero-order valence-corrected chi connectivity index (χ0v) is 14.8. The van der Waals surface area contributed by atoms with Crippen LogP contribution in [0, 0.1) is 10.1 Å². The van der Waals surface area contributed by atoms with E-state index in [0.29, 0.717) is 11.3 Å². The number of non-ortho nitro benzene ring substituents is 1. The summed E-state index contributed by atoms with van der Waals surface area (Å²) in [5, 5.41) is 16.1. The molecule has 1 aromatic carbocycles. The second-order valence-electron chi connectivity index (χ2n) is 5.98. The zero-order chi connectivity index (χ0) is 19.3. The molecule has 2 rings (SSSR count). The summed E-state index contributed by atoms with van der Waals surface area (Å²) in [6.45, 7) is 5.62. The van der Waals surface area contributed by atoms with Crippen LogP contribution >= 0.6 is 0 Å². The summed E-state index contributed by atoms with van der Waals surface area (Å²) >= 11 is 0. The SMILES string of the molecule is CC1=C(C(=O)OCCOC(C)C)C(c2cccc([N+](=O)[O-])c2)NC(=O)N1. The molecule has 26 heavy (non-hydrogen) atoms. The third-order valence-electron chi connectivity index (χ3n) is 3.67. The number of benzene rings is 1. The Kier molecular flexibility index (Phi) is 6.29. The number of nitrogens with zero attached hydrogens (tertiary/aromatic N) is 1. The van der Waals surface area contributed by atoms with Crippen LogP contribution < -0.4 is 10.6 Å². The number of urea groups is 1. The molecule has 0 fully saturated rings. The molecular weight excluding hydrogens is 342 g/mol. The molecule has 1 aliphatic heterocycles. The Morgan fingerprint density at radius 2 is 2.08 bits per heavy atom. The number of esters is 1. The number of carbonyl (C=O) groups is 2. The van der Waals surface area contributed by atoms with Gasteiger partial charge in [-0.3, -0.25) is 10.1 Å². The van der Waals surface area contributed by atoms with Crippen LogP contribution in [-0.2, 0) is 14.3 Å². The molecular formula is C17H21N3O6. The maximum atomic E-state index is 12.5. The molecule has 0 saturated carbocycles. The summed E-state index contributed by atoms with van der Waals surface area (Å²) in [7, 11) is 0. The standard InChI is InChI=1S/C17H21N3O6/c1-10(2)25-7-8-26-16(21)14-11(3)18-17(22)19-15(14)12-5-4-6-13(9-12)20(23)24/h4-6,9-10,15H,7-8H2,1-3H3,(H2,18,19,22). The Balaban J connectivity index is 2.24. The lowest BCUT2D eigenvalue weighted by Gasteiger charge is -2.28. The van der Waals surface area contributed by atoms with Crippen LogP contribution in [0.4, 0.5) is 10.5 Å². The highest BCUT2D eigenvalue weighted by atomic mass is 16.6. The van der Waals surface area contributed by atoms with Gasteiger partial charge in [0.2, 0.25) is 0 Å². The van der Waals surface area contributed by atoms with Crippen molar-refractivity contribution >= 4 is 17.7 Å². The van der Waals surface area contributed by atoms with Crippen molar-refractivity contribution in [1.82, 2.24) is 10.6 Å². The quantitative estimate of drug-likeness (QED) is 0.332. The van der Waals surface area contributed by atoms with Gasteiger partial charge in [0.25, 0.3) is 5.69 Å². The van der Waals surface area contributed by atoms with Gasteiger partial charge in [-0.05, 0) is 26.3 Å².